The fourth-order valence-corrected chi connectivity index (χ4v) is 1.09. The summed E-state index contributed by atoms with van der Waals surface area (Å²) in [6.45, 7) is 4.73. The normalized spacial score (nSPS) is 14.8. The molecule has 0 aliphatic rings. The van der Waals surface area contributed by atoms with E-state index in [1.165, 1.54) is 0 Å². The van der Waals surface area contributed by atoms with Crippen molar-refractivity contribution < 1.29 is 4.74 Å². The van der Waals surface area contributed by atoms with Gasteiger partial charge in [0.1, 0.15) is 11.9 Å². The third kappa shape index (κ3) is 2.71. The van der Waals surface area contributed by atoms with Gasteiger partial charge in [0, 0.05) is 6.61 Å². The van der Waals surface area contributed by atoms with Crippen LogP contribution in [0.2, 0.25) is 0 Å². The molecule has 0 aromatic carbocycles. The van der Waals surface area contributed by atoms with Crippen LogP contribution in [-0.4, -0.2) is 39.6 Å². The largest absolute Gasteiger partial charge is 0.360 e. The first-order chi connectivity index (χ1) is 5.64. The molecule has 1 unspecified atom stereocenters. The van der Waals surface area contributed by atoms with Crippen LogP contribution in [0.1, 0.15) is 13.8 Å². The molecule has 0 amide bonds. The van der Waals surface area contributed by atoms with Crippen molar-refractivity contribution in [2.24, 2.45) is 0 Å². The van der Waals surface area contributed by atoms with Crippen molar-refractivity contribution in [2.75, 3.05) is 27.7 Å². The molecule has 0 heterocycles. The Kier molecular flexibility index (Phi) is 5.41. The highest BCUT2D eigenvalue weighted by molar-refractivity contribution is 4.84. The molecule has 1 atom stereocenters. The van der Waals surface area contributed by atoms with Crippen LogP contribution in [0.3, 0.4) is 0 Å². The SMILES string of the molecule is CCOC(NC)C(C)(NC)NC. The zero-order valence-electron chi connectivity index (χ0n) is 8.69. The van der Waals surface area contributed by atoms with Crippen LogP contribution in [0.5, 0.6) is 0 Å². The van der Waals surface area contributed by atoms with Crippen molar-refractivity contribution in [3.05, 3.63) is 0 Å². The molecule has 0 aromatic rings. The van der Waals surface area contributed by atoms with Gasteiger partial charge < -0.3 is 4.74 Å². The van der Waals surface area contributed by atoms with Crippen LogP contribution in [-0.2, 0) is 4.74 Å². The molecule has 0 saturated carbocycles. The monoisotopic (exact) mass is 175 g/mol. The predicted molar refractivity (Wildman–Crippen MR) is 51.0 cm³/mol. The van der Waals surface area contributed by atoms with Crippen LogP contribution in [0.15, 0.2) is 0 Å². The van der Waals surface area contributed by atoms with E-state index in [4.69, 9.17) is 4.74 Å². The molecule has 3 N–H and O–H groups in total. The Morgan fingerprint density at radius 2 is 1.75 bits per heavy atom. The third-order valence-electron chi connectivity index (χ3n) is 2.16. The summed E-state index contributed by atoms with van der Waals surface area (Å²) < 4.78 is 5.50. The maximum absolute atomic E-state index is 5.50. The Bertz CT molecular complexity index is 115. The maximum atomic E-state index is 5.50. The van der Waals surface area contributed by atoms with Gasteiger partial charge in [0.25, 0.3) is 0 Å². The number of rotatable bonds is 6. The van der Waals surface area contributed by atoms with E-state index in [1.807, 2.05) is 35.0 Å². The van der Waals surface area contributed by atoms with Crippen LogP contribution in [0, 0.1) is 0 Å². The summed E-state index contributed by atoms with van der Waals surface area (Å²) >= 11 is 0. The van der Waals surface area contributed by atoms with E-state index < -0.39 is 0 Å². The van der Waals surface area contributed by atoms with Gasteiger partial charge in [0.2, 0.25) is 0 Å². The highest BCUT2D eigenvalue weighted by atomic mass is 16.5. The van der Waals surface area contributed by atoms with Crippen molar-refractivity contribution in [2.45, 2.75) is 25.7 Å². The van der Waals surface area contributed by atoms with Gasteiger partial charge in [-0.2, -0.15) is 0 Å². The van der Waals surface area contributed by atoms with Crippen molar-refractivity contribution in [3.63, 3.8) is 0 Å². The lowest BCUT2D eigenvalue weighted by molar-refractivity contribution is -0.0286. The zero-order valence-corrected chi connectivity index (χ0v) is 8.69. The van der Waals surface area contributed by atoms with Gasteiger partial charge in [-0.1, -0.05) is 0 Å². The first-order valence-electron chi connectivity index (χ1n) is 4.31. The van der Waals surface area contributed by atoms with E-state index in [0.717, 1.165) is 0 Å². The summed E-state index contributed by atoms with van der Waals surface area (Å²) in [5.41, 5.74) is -0.231. The van der Waals surface area contributed by atoms with E-state index in [1.54, 1.807) is 0 Å². The molecular formula is C8H21N3O. The average molecular weight is 175 g/mol. The Morgan fingerprint density at radius 1 is 1.25 bits per heavy atom. The molecule has 0 bridgehead atoms. The Labute approximate surface area is 75.1 Å². The summed E-state index contributed by atoms with van der Waals surface area (Å²) in [6.07, 6.45) is -0.0301. The summed E-state index contributed by atoms with van der Waals surface area (Å²) in [5.74, 6) is 0. The van der Waals surface area contributed by atoms with Gasteiger partial charge in [-0.05, 0) is 35.0 Å². The second kappa shape index (κ2) is 5.48. The standard InChI is InChI=1S/C8H21N3O/c1-6-12-7(9-3)8(2,10-4)11-5/h7,9-11H,6H2,1-5H3. The Hall–Kier alpha value is -0.160. The minimum Gasteiger partial charge on any atom is -0.360 e. The van der Waals surface area contributed by atoms with Crippen molar-refractivity contribution >= 4 is 0 Å². The maximum Gasteiger partial charge on any atom is 0.139 e. The van der Waals surface area contributed by atoms with E-state index in [0.29, 0.717) is 6.61 Å². The lowest BCUT2D eigenvalue weighted by Crippen LogP contribution is -2.64. The third-order valence-corrected chi connectivity index (χ3v) is 2.16. The first kappa shape index (κ1) is 11.8. The quantitative estimate of drug-likeness (QED) is 0.486. The second-order valence-corrected chi connectivity index (χ2v) is 2.83. The molecule has 0 radical (unpaired) electrons. The average Bonchev–Trinajstić information content (AvgIpc) is 2.13. The molecule has 0 aromatic heterocycles. The van der Waals surface area contributed by atoms with E-state index in [9.17, 15) is 0 Å². The van der Waals surface area contributed by atoms with E-state index >= 15 is 0 Å². The molecule has 0 rings (SSSR count). The molecule has 0 aliphatic carbocycles. The van der Waals surface area contributed by atoms with Gasteiger partial charge in [-0.25, -0.2) is 0 Å². The van der Waals surface area contributed by atoms with Gasteiger partial charge in [-0.15, -0.1) is 0 Å². The molecule has 12 heavy (non-hydrogen) atoms. The Balaban J connectivity index is 4.21. The number of hydrogen-bond donors (Lipinski definition) is 3. The van der Waals surface area contributed by atoms with E-state index in [2.05, 4.69) is 16.0 Å². The van der Waals surface area contributed by atoms with Crippen LogP contribution < -0.4 is 16.0 Å². The molecule has 0 fully saturated rings. The summed E-state index contributed by atoms with van der Waals surface area (Å²) in [4.78, 5) is 0. The van der Waals surface area contributed by atoms with Gasteiger partial charge in [0.05, 0.1) is 0 Å². The van der Waals surface area contributed by atoms with Gasteiger partial charge in [0.15, 0.2) is 0 Å². The molecule has 0 saturated heterocycles. The predicted octanol–water partition coefficient (Wildman–Crippen LogP) is -0.277. The molecular weight excluding hydrogens is 154 g/mol. The highest BCUT2D eigenvalue weighted by Gasteiger charge is 2.30. The Morgan fingerprint density at radius 3 is 2.00 bits per heavy atom. The van der Waals surface area contributed by atoms with Crippen LogP contribution >= 0.6 is 0 Å². The second-order valence-electron chi connectivity index (χ2n) is 2.83. The summed E-state index contributed by atoms with van der Waals surface area (Å²) in [6, 6.07) is 0. The van der Waals surface area contributed by atoms with Crippen LogP contribution in [0.4, 0.5) is 0 Å². The molecule has 0 aliphatic heterocycles. The smallest absolute Gasteiger partial charge is 0.139 e. The number of hydrogen-bond acceptors (Lipinski definition) is 4. The molecule has 74 valence electrons. The number of ether oxygens (including phenoxy) is 1. The van der Waals surface area contributed by atoms with Crippen LogP contribution in [0.25, 0.3) is 0 Å². The highest BCUT2D eigenvalue weighted by Crippen LogP contribution is 2.05. The topological polar surface area (TPSA) is 45.3 Å². The van der Waals surface area contributed by atoms with Crippen molar-refractivity contribution in [1.29, 1.82) is 0 Å². The van der Waals surface area contributed by atoms with Crippen molar-refractivity contribution in [1.82, 2.24) is 16.0 Å². The minimum atomic E-state index is -0.231. The number of likely N-dealkylation sites (N-methyl/N-ethyl adjacent to an activating group) is 3. The molecule has 0 spiro atoms. The van der Waals surface area contributed by atoms with E-state index in [-0.39, 0.29) is 11.9 Å². The summed E-state index contributed by atoms with van der Waals surface area (Å²) in [7, 11) is 5.69. The van der Waals surface area contributed by atoms with Gasteiger partial charge >= 0.3 is 0 Å². The van der Waals surface area contributed by atoms with Gasteiger partial charge in [-0.3, -0.25) is 16.0 Å². The minimum absolute atomic E-state index is 0.0301. The fraction of sp³-hybridized carbons (Fsp3) is 1.00. The lowest BCUT2D eigenvalue weighted by Gasteiger charge is -2.36. The zero-order chi connectivity index (χ0) is 9.61. The fourth-order valence-electron chi connectivity index (χ4n) is 1.09. The summed E-state index contributed by atoms with van der Waals surface area (Å²) in [5, 5.41) is 9.43. The van der Waals surface area contributed by atoms with Crippen molar-refractivity contribution in [3.8, 4) is 0 Å². The first-order valence-corrected chi connectivity index (χ1v) is 4.31. The number of nitrogens with one attached hydrogen (secondary N) is 3. The lowest BCUT2D eigenvalue weighted by atomic mass is 10.1. The molecule has 4 nitrogen and oxygen atoms in total. The molecule has 4 heteroatoms.